The lowest BCUT2D eigenvalue weighted by atomic mass is 10.0. The van der Waals surface area contributed by atoms with Crippen LogP contribution in [0.5, 0.6) is 0 Å². The van der Waals surface area contributed by atoms with Crippen molar-refractivity contribution in [2.75, 3.05) is 26.7 Å². The van der Waals surface area contributed by atoms with Crippen LogP contribution in [0.4, 0.5) is 4.39 Å². The van der Waals surface area contributed by atoms with Gasteiger partial charge < -0.3 is 9.64 Å². The van der Waals surface area contributed by atoms with Crippen molar-refractivity contribution < 1.29 is 13.9 Å². The van der Waals surface area contributed by atoms with Gasteiger partial charge in [-0.1, -0.05) is 0 Å². The highest BCUT2D eigenvalue weighted by Crippen LogP contribution is 2.19. The van der Waals surface area contributed by atoms with Gasteiger partial charge in [-0.25, -0.2) is 4.79 Å². The molecular formula is C10H16FNO2. The van der Waals surface area contributed by atoms with E-state index in [1.807, 2.05) is 11.9 Å². The quantitative estimate of drug-likeness (QED) is 0.501. The molecule has 1 rings (SSSR count). The molecule has 0 unspecified atom stereocenters. The summed E-state index contributed by atoms with van der Waals surface area (Å²) < 4.78 is 18.0. The maximum Gasteiger partial charge on any atom is 0.367 e. The van der Waals surface area contributed by atoms with Crippen molar-refractivity contribution in [3.63, 3.8) is 0 Å². The highest BCUT2D eigenvalue weighted by Gasteiger charge is 2.20. The fraction of sp³-hybridized carbons (Fsp3) is 0.700. The largest absolute Gasteiger partial charge is 0.461 e. The number of rotatable bonds is 2. The highest BCUT2D eigenvalue weighted by molar-refractivity contribution is 5.86. The van der Waals surface area contributed by atoms with Gasteiger partial charge >= 0.3 is 5.97 Å². The van der Waals surface area contributed by atoms with E-state index in [9.17, 15) is 9.18 Å². The third-order valence-corrected chi connectivity index (χ3v) is 2.24. The summed E-state index contributed by atoms with van der Waals surface area (Å²) >= 11 is 0. The van der Waals surface area contributed by atoms with Crippen LogP contribution < -0.4 is 0 Å². The number of likely N-dealkylation sites (N-methyl/N-ethyl adjacent to an activating group) is 1. The molecule has 0 aromatic heterocycles. The van der Waals surface area contributed by atoms with Crippen molar-refractivity contribution in [1.82, 2.24) is 4.90 Å². The smallest absolute Gasteiger partial charge is 0.367 e. The molecule has 1 fully saturated rings. The number of esters is 1. The standard InChI is InChI=1S/C10H16FNO2/c1-3-14-10(13)9(11)8-5-4-6-12(2)7-8/h3-7H2,1-2H3/b9-8+. The maximum atomic E-state index is 13.4. The predicted octanol–water partition coefficient (Wildman–Crippen LogP) is 1.50. The number of carbonyl (C=O) groups excluding carboxylic acids is 1. The van der Waals surface area contributed by atoms with Crippen LogP contribution in [0.15, 0.2) is 11.4 Å². The van der Waals surface area contributed by atoms with Gasteiger partial charge in [0.2, 0.25) is 5.83 Å². The Balaban J connectivity index is 2.66. The van der Waals surface area contributed by atoms with Gasteiger partial charge in [0, 0.05) is 6.54 Å². The second-order valence-corrected chi connectivity index (χ2v) is 3.48. The van der Waals surface area contributed by atoms with Crippen LogP contribution in [0.2, 0.25) is 0 Å². The fourth-order valence-corrected chi connectivity index (χ4v) is 1.56. The van der Waals surface area contributed by atoms with Gasteiger partial charge in [-0.05, 0) is 38.9 Å². The average molecular weight is 201 g/mol. The van der Waals surface area contributed by atoms with E-state index in [2.05, 4.69) is 4.74 Å². The van der Waals surface area contributed by atoms with Crippen molar-refractivity contribution in [2.24, 2.45) is 0 Å². The summed E-state index contributed by atoms with van der Waals surface area (Å²) in [4.78, 5) is 13.1. The summed E-state index contributed by atoms with van der Waals surface area (Å²) in [6, 6.07) is 0. The number of halogens is 1. The number of carbonyl (C=O) groups is 1. The van der Waals surface area contributed by atoms with Crippen molar-refractivity contribution in [3.05, 3.63) is 11.4 Å². The molecular weight excluding hydrogens is 185 g/mol. The zero-order chi connectivity index (χ0) is 10.6. The van der Waals surface area contributed by atoms with Gasteiger partial charge in [0.1, 0.15) is 0 Å². The molecule has 0 bridgehead atoms. The molecule has 4 heteroatoms. The molecule has 0 aromatic rings. The molecule has 14 heavy (non-hydrogen) atoms. The van der Waals surface area contributed by atoms with Crippen LogP contribution in [0, 0.1) is 0 Å². The SMILES string of the molecule is CCOC(=O)/C(F)=C1/CCCN(C)C1. The summed E-state index contributed by atoms with van der Waals surface area (Å²) in [7, 11) is 1.91. The molecule has 0 radical (unpaired) electrons. The number of hydrogen-bond donors (Lipinski definition) is 0. The molecule has 0 spiro atoms. The summed E-state index contributed by atoms with van der Waals surface area (Å²) in [6.07, 6.45) is 1.56. The Morgan fingerprint density at radius 3 is 2.93 bits per heavy atom. The molecule has 1 aliphatic rings. The molecule has 0 atom stereocenters. The van der Waals surface area contributed by atoms with E-state index >= 15 is 0 Å². The lowest BCUT2D eigenvalue weighted by Gasteiger charge is -2.24. The second-order valence-electron chi connectivity index (χ2n) is 3.48. The van der Waals surface area contributed by atoms with Crippen LogP contribution in [0.1, 0.15) is 19.8 Å². The Morgan fingerprint density at radius 2 is 2.36 bits per heavy atom. The third kappa shape index (κ3) is 2.80. The van der Waals surface area contributed by atoms with E-state index < -0.39 is 11.8 Å². The molecule has 80 valence electrons. The first-order valence-corrected chi connectivity index (χ1v) is 4.88. The molecule has 0 amide bonds. The van der Waals surface area contributed by atoms with Gasteiger partial charge in [0.15, 0.2) is 0 Å². The van der Waals surface area contributed by atoms with Gasteiger partial charge in [-0.3, -0.25) is 0 Å². The van der Waals surface area contributed by atoms with Crippen molar-refractivity contribution in [2.45, 2.75) is 19.8 Å². The summed E-state index contributed by atoms with van der Waals surface area (Å²) in [5.41, 5.74) is 0.567. The Bertz CT molecular complexity index is 251. The number of likely N-dealkylation sites (tertiary alicyclic amines) is 1. The summed E-state index contributed by atoms with van der Waals surface area (Å²) in [6.45, 7) is 3.38. The topological polar surface area (TPSA) is 29.5 Å². The zero-order valence-corrected chi connectivity index (χ0v) is 8.68. The Kier molecular flexibility index (Phi) is 4.07. The van der Waals surface area contributed by atoms with Crippen molar-refractivity contribution in [1.29, 1.82) is 0 Å². The van der Waals surface area contributed by atoms with Gasteiger partial charge in [0.05, 0.1) is 6.61 Å². The Labute approximate surface area is 83.5 Å². The van der Waals surface area contributed by atoms with E-state index in [4.69, 9.17) is 0 Å². The zero-order valence-electron chi connectivity index (χ0n) is 8.68. The number of piperidine rings is 1. The number of hydrogen-bond acceptors (Lipinski definition) is 3. The van der Waals surface area contributed by atoms with Gasteiger partial charge in [0.25, 0.3) is 0 Å². The van der Waals surface area contributed by atoms with Crippen LogP contribution in [-0.4, -0.2) is 37.6 Å². The Hall–Kier alpha value is -0.900. The average Bonchev–Trinajstić information content (AvgIpc) is 2.17. The minimum atomic E-state index is -0.821. The molecule has 1 aliphatic heterocycles. The third-order valence-electron chi connectivity index (χ3n) is 2.24. The number of ether oxygens (including phenoxy) is 1. The van der Waals surface area contributed by atoms with E-state index in [0.29, 0.717) is 18.5 Å². The minimum Gasteiger partial charge on any atom is -0.461 e. The fourth-order valence-electron chi connectivity index (χ4n) is 1.56. The van der Waals surface area contributed by atoms with Crippen LogP contribution in [-0.2, 0) is 9.53 Å². The highest BCUT2D eigenvalue weighted by atomic mass is 19.1. The first kappa shape index (κ1) is 11.2. The minimum absolute atomic E-state index is 0.218. The molecule has 0 aromatic carbocycles. The molecule has 3 nitrogen and oxygen atoms in total. The molecule has 0 saturated carbocycles. The molecule has 1 heterocycles. The predicted molar refractivity (Wildman–Crippen MR) is 51.5 cm³/mol. The molecule has 0 N–H and O–H groups in total. The van der Waals surface area contributed by atoms with Crippen molar-refractivity contribution >= 4 is 5.97 Å². The van der Waals surface area contributed by atoms with Crippen LogP contribution in [0.3, 0.4) is 0 Å². The monoisotopic (exact) mass is 201 g/mol. The lowest BCUT2D eigenvalue weighted by molar-refractivity contribution is -0.140. The van der Waals surface area contributed by atoms with E-state index in [1.165, 1.54) is 0 Å². The first-order valence-electron chi connectivity index (χ1n) is 4.88. The normalized spacial score (nSPS) is 21.9. The van der Waals surface area contributed by atoms with E-state index in [1.54, 1.807) is 6.92 Å². The second kappa shape index (κ2) is 5.10. The summed E-state index contributed by atoms with van der Waals surface area (Å²) in [5, 5.41) is 0. The summed E-state index contributed by atoms with van der Waals surface area (Å²) in [5.74, 6) is -1.52. The molecule has 1 saturated heterocycles. The number of nitrogens with zero attached hydrogens (tertiary/aromatic N) is 1. The Morgan fingerprint density at radius 1 is 1.64 bits per heavy atom. The van der Waals surface area contributed by atoms with E-state index in [0.717, 1.165) is 13.0 Å². The maximum absolute atomic E-state index is 13.4. The van der Waals surface area contributed by atoms with Gasteiger partial charge in [-0.2, -0.15) is 4.39 Å². The lowest BCUT2D eigenvalue weighted by Crippen LogP contribution is -2.28. The van der Waals surface area contributed by atoms with Gasteiger partial charge in [-0.15, -0.1) is 0 Å². The molecule has 0 aliphatic carbocycles. The van der Waals surface area contributed by atoms with Crippen LogP contribution >= 0.6 is 0 Å². The first-order chi connectivity index (χ1) is 6.65. The van der Waals surface area contributed by atoms with Crippen molar-refractivity contribution in [3.8, 4) is 0 Å². The van der Waals surface area contributed by atoms with Crippen LogP contribution in [0.25, 0.3) is 0 Å². The van der Waals surface area contributed by atoms with E-state index in [-0.39, 0.29) is 6.61 Å².